The molecule has 1 unspecified atom stereocenters. The fraction of sp³-hybridized carbons (Fsp3) is 0.588. The number of hydrogen-bond acceptors (Lipinski definition) is 3. The summed E-state index contributed by atoms with van der Waals surface area (Å²) < 4.78 is 5.38. The third-order valence-corrected chi connectivity index (χ3v) is 4.15. The molecule has 1 heterocycles. The molecule has 23 heavy (non-hydrogen) atoms. The number of likely N-dealkylation sites (tertiary alicyclic amines) is 1. The largest absolute Gasteiger partial charge is 0.497 e. The minimum absolute atomic E-state index is 0. The fourth-order valence-electron chi connectivity index (χ4n) is 2.98. The van der Waals surface area contributed by atoms with Gasteiger partial charge in [-0.05, 0) is 43.6 Å². The van der Waals surface area contributed by atoms with Gasteiger partial charge in [0.1, 0.15) is 5.75 Å². The Bertz CT molecular complexity index is 501. The predicted molar refractivity (Wildman–Crippen MR) is 107 cm³/mol. The van der Waals surface area contributed by atoms with E-state index in [1.54, 1.807) is 7.11 Å². The van der Waals surface area contributed by atoms with Gasteiger partial charge in [0.05, 0.1) is 13.2 Å². The van der Waals surface area contributed by atoms with Crippen LogP contribution in [0.1, 0.15) is 24.4 Å². The Labute approximate surface area is 157 Å². The maximum atomic E-state index is 5.38. The number of benzene rings is 1. The van der Waals surface area contributed by atoms with Crippen LogP contribution in [0.2, 0.25) is 0 Å². The lowest BCUT2D eigenvalue weighted by Crippen LogP contribution is -2.42. The molecule has 1 fully saturated rings. The summed E-state index contributed by atoms with van der Waals surface area (Å²) in [5.74, 6) is 1.82. The molecule has 1 aromatic carbocycles. The number of hydrogen-bond donors (Lipinski definition) is 1. The highest BCUT2D eigenvalue weighted by Gasteiger charge is 2.24. The summed E-state index contributed by atoms with van der Waals surface area (Å²) in [5, 5.41) is 3.48. The average molecular weight is 432 g/mol. The minimum atomic E-state index is 0. The second kappa shape index (κ2) is 9.97. The van der Waals surface area contributed by atoms with Crippen LogP contribution in [0.15, 0.2) is 29.3 Å². The van der Waals surface area contributed by atoms with Gasteiger partial charge in [0.25, 0.3) is 0 Å². The molecule has 5 nitrogen and oxygen atoms in total. The lowest BCUT2D eigenvalue weighted by molar-refractivity contribution is 0.244. The highest BCUT2D eigenvalue weighted by Crippen LogP contribution is 2.27. The van der Waals surface area contributed by atoms with Crippen LogP contribution in [0.25, 0.3) is 0 Å². The van der Waals surface area contributed by atoms with Gasteiger partial charge >= 0.3 is 0 Å². The average Bonchev–Trinajstić information content (AvgIpc) is 3.05. The molecule has 0 aromatic heterocycles. The molecule has 0 bridgehead atoms. The summed E-state index contributed by atoms with van der Waals surface area (Å²) in [6.45, 7) is 3.16. The van der Waals surface area contributed by atoms with Crippen molar-refractivity contribution in [1.29, 1.82) is 0 Å². The fourth-order valence-corrected chi connectivity index (χ4v) is 2.98. The van der Waals surface area contributed by atoms with E-state index in [1.807, 2.05) is 32.1 Å². The molecule has 130 valence electrons. The standard InChI is InChI=1S/C17H28N4O.HI/c1-18-17(20(2)3)19-13-16(21-10-5-6-11-21)14-8-7-9-15(12-14)22-4;/h7-9,12,16H,5-6,10-11,13H2,1-4H3,(H,18,19);1H. The first-order chi connectivity index (χ1) is 10.7. The van der Waals surface area contributed by atoms with Gasteiger partial charge < -0.3 is 15.0 Å². The number of ether oxygens (including phenoxy) is 1. The van der Waals surface area contributed by atoms with Crippen molar-refractivity contribution in [2.45, 2.75) is 18.9 Å². The van der Waals surface area contributed by atoms with E-state index in [1.165, 1.54) is 18.4 Å². The molecule has 2 rings (SSSR count). The van der Waals surface area contributed by atoms with Gasteiger partial charge in [0, 0.05) is 27.7 Å². The molecule has 1 aliphatic rings. The quantitative estimate of drug-likeness (QED) is 0.441. The van der Waals surface area contributed by atoms with Crippen LogP contribution in [0.4, 0.5) is 0 Å². The maximum Gasteiger partial charge on any atom is 0.193 e. The zero-order valence-corrected chi connectivity index (χ0v) is 16.9. The smallest absolute Gasteiger partial charge is 0.193 e. The number of aliphatic imine (C=N–C) groups is 1. The van der Waals surface area contributed by atoms with E-state index >= 15 is 0 Å². The van der Waals surface area contributed by atoms with Crippen LogP contribution in [0.5, 0.6) is 5.75 Å². The summed E-state index contributed by atoms with van der Waals surface area (Å²) in [6, 6.07) is 8.73. The summed E-state index contributed by atoms with van der Waals surface area (Å²) in [5.41, 5.74) is 1.29. The van der Waals surface area contributed by atoms with Crippen molar-refractivity contribution in [3.63, 3.8) is 0 Å². The third kappa shape index (κ3) is 5.53. The molecule has 0 saturated carbocycles. The van der Waals surface area contributed by atoms with E-state index in [0.29, 0.717) is 6.04 Å². The molecule has 0 spiro atoms. The van der Waals surface area contributed by atoms with Crippen LogP contribution in [0, 0.1) is 0 Å². The number of nitrogens with one attached hydrogen (secondary N) is 1. The number of rotatable bonds is 5. The molecule has 0 aliphatic carbocycles. The lowest BCUT2D eigenvalue weighted by atomic mass is 10.1. The highest BCUT2D eigenvalue weighted by molar-refractivity contribution is 14.0. The second-order valence-corrected chi connectivity index (χ2v) is 5.86. The van der Waals surface area contributed by atoms with Gasteiger partial charge in [-0.15, -0.1) is 24.0 Å². The number of halogens is 1. The second-order valence-electron chi connectivity index (χ2n) is 5.86. The monoisotopic (exact) mass is 432 g/mol. The van der Waals surface area contributed by atoms with Crippen molar-refractivity contribution in [2.75, 3.05) is 47.9 Å². The van der Waals surface area contributed by atoms with Gasteiger partial charge in [-0.1, -0.05) is 12.1 Å². The Kier molecular flexibility index (Phi) is 8.68. The minimum Gasteiger partial charge on any atom is -0.497 e. The first kappa shape index (κ1) is 20.0. The lowest BCUT2D eigenvalue weighted by Gasteiger charge is -2.30. The Morgan fingerprint density at radius 3 is 2.61 bits per heavy atom. The van der Waals surface area contributed by atoms with Gasteiger partial charge in [-0.3, -0.25) is 9.89 Å². The number of methoxy groups -OCH3 is 1. The zero-order chi connectivity index (χ0) is 15.9. The molecule has 1 aromatic rings. The van der Waals surface area contributed by atoms with E-state index in [2.05, 4.69) is 33.4 Å². The topological polar surface area (TPSA) is 40.1 Å². The maximum absolute atomic E-state index is 5.38. The SMILES string of the molecule is CN=C(NCC(c1cccc(OC)c1)N1CCCC1)N(C)C.I. The number of guanidine groups is 1. The first-order valence-electron chi connectivity index (χ1n) is 7.91. The van der Waals surface area contributed by atoms with Crippen molar-refractivity contribution in [3.05, 3.63) is 29.8 Å². The van der Waals surface area contributed by atoms with Crippen molar-refractivity contribution < 1.29 is 4.74 Å². The molecule has 0 radical (unpaired) electrons. The Balaban J connectivity index is 0.00000264. The van der Waals surface area contributed by atoms with Crippen molar-refractivity contribution in [2.24, 2.45) is 4.99 Å². The van der Waals surface area contributed by atoms with E-state index < -0.39 is 0 Å². The van der Waals surface area contributed by atoms with E-state index in [9.17, 15) is 0 Å². The normalized spacial score (nSPS) is 16.6. The zero-order valence-electron chi connectivity index (χ0n) is 14.6. The summed E-state index contributed by atoms with van der Waals surface area (Å²) in [4.78, 5) is 8.85. The summed E-state index contributed by atoms with van der Waals surface area (Å²) >= 11 is 0. The van der Waals surface area contributed by atoms with Crippen molar-refractivity contribution in [1.82, 2.24) is 15.1 Å². The van der Waals surface area contributed by atoms with Gasteiger partial charge in [0.2, 0.25) is 0 Å². The number of nitrogens with zero attached hydrogens (tertiary/aromatic N) is 3. The molecular weight excluding hydrogens is 403 g/mol. The van der Waals surface area contributed by atoms with Crippen LogP contribution in [-0.4, -0.2) is 63.6 Å². The van der Waals surface area contributed by atoms with E-state index in [-0.39, 0.29) is 24.0 Å². The molecular formula is C17H29IN4O. The Morgan fingerprint density at radius 2 is 2.04 bits per heavy atom. The Hall–Kier alpha value is -1.02. The van der Waals surface area contributed by atoms with Crippen LogP contribution < -0.4 is 10.1 Å². The van der Waals surface area contributed by atoms with Crippen LogP contribution in [0.3, 0.4) is 0 Å². The first-order valence-corrected chi connectivity index (χ1v) is 7.91. The summed E-state index contributed by atoms with van der Waals surface area (Å²) in [7, 11) is 7.55. The Morgan fingerprint density at radius 1 is 1.35 bits per heavy atom. The van der Waals surface area contributed by atoms with Gasteiger partial charge in [-0.25, -0.2) is 0 Å². The molecule has 1 N–H and O–H groups in total. The van der Waals surface area contributed by atoms with Crippen LogP contribution in [-0.2, 0) is 0 Å². The van der Waals surface area contributed by atoms with Gasteiger partial charge in [-0.2, -0.15) is 0 Å². The predicted octanol–water partition coefficient (Wildman–Crippen LogP) is 2.59. The molecule has 1 saturated heterocycles. The third-order valence-electron chi connectivity index (χ3n) is 4.15. The van der Waals surface area contributed by atoms with Crippen molar-refractivity contribution >= 4 is 29.9 Å². The molecule has 1 aliphatic heterocycles. The van der Waals surface area contributed by atoms with E-state index in [4.69, 9.17) is 4.74 Å². The molecule has 0 amide bonds. The van der Waals surface area contributed by atoms with Gasteiger partial charge in [0.15, 0.2) is 5.96 Å². The molecule has 6 heteroatoms. The van der Waals surface area contributed by atoms with Crippen molar-refractivity contribution in [3.8, 4) is 5.75 Å². The highest BCUT2D eigenvalue weighted by atomic mass is 127. The van der Waals surface area contributed by atoms with Crippen LogP contribution >= 0.6 is 24.0 Å². The molecule has 1 atom stereocenters. The van der Waals surface area contributed by atoms with E-state index in [0.717, 1.165) is 31.3 Å². The summed E-state index contributed by atoms with van der Waals surface area (Å²) in [6.07, 6.45) is 2.56.